The normalized spacial score (nSPS) is 20.3. The van der Waals surface area contributed by atoms with Gasteiger partial charge in [-0.1, -0.05) is 0 Å². The molecule has 3 aromatic heterocycles. The highest BCUT2D eigenvalue weighted by Crippen LogP contribution is 2.34. The summed E-state index contributed by atoms with van der Waals surface area (Å²) in [6, 6.07) is 1.40. The minimum Gasteiger partial charge on any atom is -0.346 e. The number of imidazole rings is 1. The Balaban J connectivity index is 1.46. The molecule has 0 spiro atoms. The summed E-state index contributed by atoms with van der Waals surface area (Å²) in [5.74, 6) is 0.910. The molecule has 156 valence electrons. The van der Waals surface area contributed by atoms with Crippen molar-refractivity contribution in [2.24, 2.45) is 0 Å². The number of carbonyl (C=O) groups excluding carboxylic acids is 1. The van der Waals surface area contributed by atoms with Crippen molar-refractivity contribution in [3.63, 3.8) is 0 Å². The summed E-state index contributed by atoms with van der Waals surface area (Å²) in [5.41, 5.74) is 2.71. The minimum atomic E-state index is -4.40. The van der Waals surface area contributed by atoms with E-state index in [1.165, 1.54) is 0 Å². The lowest BCUT2D eigenvalue weighted by Gasteiger charge is -2.32. The summed E-state index contributed by atoms with van der Waals surface area (Å²) < 4.78 is 39.6. The maximum atomic E-state index is 12.5. The molecule has 0 aliphatic heterocycles. The van der Waals surface area contributed by atoms with Gasteiger partial charge in [0.25, 0.3) is 0 Å². The van der Waals surface area contributed by atoms with Crippen LogP contribution in [0.4, 0.5) is 18.0 Å². The van der Waals surface area contributed by atoms with Crippen LogP contribution in [0.1, 0.15) is 37.5 Å². The number of aromatic amines is 1. The summed E-state index contributed by atoms with van der Waals surface area (Å²) in [4.78, 5) is 24.9. The monoisotopic (exact) mass is 408 g/mol. The first-order valence-electron chi connectivity index (χ1n) is 9.62. The number of aromatic nitrogens is 4. The highest BCUT2D eigenvalue weighted by Gasteiger charge is 2.32. The topological polar surface area (TPSA) is 78.8 Å². The van der Waals surface area contributed by atoms with E-state index in [1.807, 2.05) is 19.2 Å². The van der Waals surface area contributed by atoms with Gasteiger partial charge in [-0.15, -0.1) is 0 Å². The van der Waals surface area contributed by atoms with Crippen molar-refractivity contribution >= 4 is 28.1 Å². The van der Waals surface area contributed by atoms with Crippen molar-refractivity contribution in [2.45, 2.75) is 50.9 Å². The van der Waals surface area contributed by atoms with E-state index in [0.717, 1.165) is 47.8 Å². The Kier molecular flexibility index (Phi) is 4.87. The van der Waals surface area contributed by atoms with Gasteiger partial charge in [0.15, 0.2) is 0 Å². The average Bonchev–Trinajstić information content (AvgIpc) is 3.24. The lowest BCUT2D eigenvalue weighted by molar-refractivity contribution is -0.137. The largest absolute Gasteiger partial charge is 0.406 e. The van der Waals surface area contributed by atoms with Gasteiger partial charge in [-0.3, -0.25) is 0 Å². The van der Waals surface area contributed by atoms with Crippen LogP contribution < -0.4 is 5.32 Å². The fourth-order valence-corrected chi connectivity index (χ4v) is 4.26. The third-order valence-corrected chi connectivity index (χ3v) is 5.56. The first-order valence-corrected chi connectivity index (χ1v) is 9.62. The highest BCUT2D eigenvalue weighted by atomic mass is 19.4. The molecule has 0 unspecified atom stereocenters. The summed E-state index contributed by atoms with van der Waals surface area (Å²) >= 11 is 0. The Hall–Kier alpha value is -2.78. The molecule has 1 aliphatic carbocycles. The lowest BCUT2D eigenvalue weighted by Crippen LogP contribution is -2.47. The molecule has 3 heterocycles. The molecule has 1 aliphatic rings. The zero-order chi connectivity index (χ0) is 20.8. The van der Waals surface area contributed by atoms with Gasteiger partial charge in [0.1, 0.15) is 23.5 Å². The predicted molar refractivity (Wildman–Crippen MR) is 103 cm³/mol. The third-order valence-electron chi connectivity index (χ3n) is 5.56. The summed E-state index contributed by atoms with van der Waals surface area (Å²) in [5, 5.41) is 3.75. The number of fused-ring (bicyclic) bond motifs is 3. The van der Waals surface area contributed by atoms with E-state index in [9.17, 15) is 18.0 Å². The van der Waals surface area contributed by atoms with E-state index >= 15 is 0 Å². The molecule has 0 bridgehead atoms. The second-order valence-corrected chi connectivity index (χ2v) is 7.69. The molecule has 7 nitrogen and oxygen atoms in total. The highest BCUT2D eigenvalue weighted by molar-refractivity contribution is 6.01. The van der Waals surface area contributed by atoms with Gasteiger partial charge in [0, 0.05) is 30.7 Å². The molecule has 0 saturated heterocycles. The maximum absolute atomic E-state index is 12.5. The molecule has 1 saturated carbocycles. The van der Waals surface area contributed by atoms with Gasteiger partial charge in [0.05, 0.1) is 11.7 Å². The van der Waals surface area contributed by atoms with Gasteiger partial charge >= 0.3 is 12.2 Å². The van der Waals surface area contributed by atoms with Crippen LogP contribution in [-0.4, -0.2) is 56.3 Å². The summed E-state index contributed by atoms with van der Waals surface area (Å²) in [6.45, 7) is 0.716. The Bertz CT molecular complexity index is 1030. The van der Waals surface area contributed by atoms with Gasteiger partial charge in [-0.05, 0) is 38.7 Å². The van der Waals surface area contributed by atoms with E-state index in [4.69, 9.17) is 0 Å². The number of hydrogen-bond donors (Lipinski definition) is 2. The van der Waals surface area contributed by atoms with E-state index in [1.54, 1.807) is 6.20 Å². The maximum Gasteiger partial charge on any atom is 0.406 e. The average molecular weight is 408 g/mol. The zero-order valence-corrected chi connectivity index (χ0v) is 16.3. The number of rotatable bonds is 3. The molecule has 10 heteroatoms. The molecule has 1 fully saturated rings. The van der Waals surface area contributed by atoms with E-state index < -0.39 is 18.8 Å². The van der Waals surface area contributed by atoms with Crippen LogP contribution in [0, 0.1) is 6.92 Å². The Morgan fingerprint density at radius 1 is 1.34 bits per heavy atom. The van der Waals surface area contributed by atoms with Crippen LogP contribution >= 0.6 is 0 Å². The summed E-state index contributed by atoms with van der Waals surface area (Å²) in [6.07, 6.45) is 2.26. The number of urea groups is 1. The molecular formula is C19H23F3N6O. The number of amides is 2. The first kappa shape index (κ1) is 19.5. The number of nitrogens with zero attached hydrogens (tertiary/aromatic N) is 4. The fraction of sp³-hybridized carbons (Fsp3) is 0.526. The van der Waals surface area contributed by atoms with E-state index in [0.29, 0.717) is 17.7 Å². The van der Waals surface area contributed by atoms with Crippen LogP contribution in [0.2, 0.25) is 0 Å². The molecule has 0 radical (unpaired) electrons. The van der Waals surface area contributed by atoms with Gasteiger partial charge in [-0.2, -0.15) is 13.2 Å². The number of halogens is 3. The van der Waals surface area contributed by atoms with E-state index in [2.05, 4.69) is 24.8 Å². The Labute approximate surface area is 165 Å². The summed E-state index contributed by atoms with van der Waals surface area (Å²) in [7, 11) is 1.16. The molecule has 0 atom stereocenters. The van der Waals surface area contributed by atoms with Crippen molar-refractivity contribution < 1.29 is 18.0 Å². The quantitative estimate of drug-likeness (QED) is 0.690. The van der Waals surface area contributed by atoms with Crippen LogP contribution in [0.25, 0.3) is 22.1 Å². The van der Waals surface area contributed by atoms with Gasteiger partial charge in [-0.25, -0.2) is 14.8 Å². The van der Waals surface area contributed by atoms with Crippen molar-refractivity contribution in [3.8, 4) is 0 Å². The fourth-order valence-electron chi connectivity index (χ4n) is 4.26. The number of alkyl halides is 3. The van der Waals surface area contributed by atoms with Crippen molar-refractivity contribution in [1.82, 2.24) is 29.7 Å². The van der Waals surface area contributed by atoms with Crippen LogP contribution in [0.5, 0.6) is 0 Å². The van der Waals surface area contributed by atoms with Crippen LogP contribution in [0.15, 0.2) is 18.5 Å². The number of carbonyl (C=O) groups is 1. The number of hydrogen-bond acceptors (Lipinski definition) is 3. The minimum absolute atomic E-state index is 0.126. The van der Waals surface area contributed by atoms with Gasteiger partial charge < -0.3 is 19.8 Å². The molecule has 3 aromatic rings. The number of nitrogens with one attached hydrogen (secondary N) is 2. The second kappa shape index (κ2) is 7.23. The molecule has 2 N–H and O–H groups in total. The molecule has 4 rings (SSSR count). The number of pyridine rings is 1. The van der Waals surface area contributed by atoms with E-state index in [-0.39, 0.29) is 12.1 Å². The van der Waals surface area contributed by atoms with Gasteiger partial charge in [0.2, 0.25) is 0 Å². The third kappa shape index (κ3) is 3.88. The Morgan fingerprint density at radius 3 is 2.76 bits per heavy atom. The zero-order valence-electron chi connectivity index (χ0n) is 16.3. The van der Waals surface area contributed by atoms with Crippen LogP contribution in [-0.2, 0) is 0 Å². The Morgan fingerprint density at radius 2 is 2.07 bits per heavy atom. The second-order valence-electron chi connectivity index (χ2n) is 7.69. The van der Waals surface area contributed by atoms with Crippen molar-refractivity contribution in [2.75, 3.05) is 13.6 Å². The predicted octanol–water partition coefficient (Wildman–Crippen LogP) is 3.91. The molecule has 29 heavy (non-hydrogen) atoms. The van der Waals surface area contributed by atoms with Crippen molar-refractivity contribution in [3.05, 3.63) is 24.3 Å². The SMILES string of the molecule is Cc1nc2cnc3[nH]ccc3c2n1C1CCC(NC(=O)N(C)CC(F)(F)F)CC1. The smallest absolute Gasteiger partial charge is 0.346 e. The molecule has 2 amide bonds. The standard InChI is InChI=1S/C19H23F3N6O/c1-11-25-15-9-24-17-14(7-8-23-17)16(15)28(11)13-5-3-12(4-6-13)26-18(29)27(2)10-19(20,21)22/h7-9,12-13H,3-6,10H2,1-2H3,(H,23,24)(H,26,29). The number of aryl methyl sites for hydroxylation is 1. The molecular weight excluding hydrogens is 385 g/mol. The van der Waals surface area contributed by atoms with Crippen LogP contribution in [0.3, 0.4) is 0 Å². The number of H-pyrrole nitrogens is 1. The first-order chi connectivity index (χ1) is 13.7. The lowest BCUT2D eigenvalue weighted by atomic mass is 9.90. The van der Waals surface area contributed by atoms with Crippen molar-refractivity contribution in [1.29, 1.82) is 0 Å². The molecule has 0 aromatic carbocycles.